The van der Waals surface area contributed by atoms with Gasteiger partial charge in [0, 0.05) is 24.7 Å². The molecule has 6 nitrogen and oxygen atoms in total. The van der Waals surface area contributed by atoms with Gasteiger partial charge in [-0.3, -0.25) is 4.79 Å². The monoisotopic (exact) mass is 416 g/mol. The number of carbonyl (C=O) groups is 1. The van der Waals surface area contributed by atoms with Crippen LogP contribution in [0.5, 0.6) is 5.75 Å². The van der Waals surface area contributed by atoms with Crippen molar-refractivity contribution in [1.82, 2.24) is 9.62 Å². The fourth-order valence-corrected chi connectivity index (χ4v) is 5.45. The Morgan fingerprint density at radius 1 is 1.17 bits per heavy atom. The van der Waals surface area contributed by atoms with Gasteiger partial charge in [0.25, 0.3) is 5.91 Å². The summed E-state index contributed by atoms with van der Waals surface area (Å²) in [5, 5.41) is 2.85. The van der Waals surface area contributed by atoms with Crippen molar-refractivity contribution < 1.29 is 17.9 Å². The molecule has 0 bridgehead atoms. The lowest BCUT2D eigenvalue weighted by Gasteiger charge is -2.32. The summed E-state index contributed by atoms with van der Waals surface area (Å²) in [5.41, 5.74) is 2.42. The molecule has 1 aliphatic heterocycles. The maximum atomic E-state index is 13.3. The van der Waals surface area contributed by atoms with Crippen LogP contribution in [0.15, 0.2) is 47.4 Å². The Morgan fingerprint density at radius 3 is 2.55 bits per heavy atom. The molecule has 1 aliphatic rings. The predicted octanol–water partition coefficient (Wildman–Crippen LogP) is 3.50. The zero-order chi connectivity index (χ0) is 21.0. The first-order chi connectivity index (χ1) is 13.8. The van der Waals surface area contributed by atoms with Gasteiger partial charge < -0.3 is 10.1 Å². The molecule has 1 N–H and O–H groups in total. The van der Waals surface area contributed by atoms with Crippen molar-refractivity contribution in [2.45, 2.75) is 50.6 Å². The molecule has 2 aromatic carbocycles. The fraction of sp³-hybridized carbons (Fsp3) is 0.409. The summed E-state index contributed by atoms with van der Waals surface area (Å²) >= 11 is 0. The van der Waals surface area contributed by atoms with E-state index >= 15 is 0 Å². The lowest BCUT2D eigenvalue weighted by molar-refractivity contribution is 0.0950. The third-order valence-electron chi connectivity index (χ3n) is 5.33. The Balaban J connectivity index is 1.84. The molecule has 2 aromatic rings. The lowest BCUT2D eigenvalue weighted by Crippen LogP contribution is -2.42. The van der Waals surface area contributed by atoms with Crippen LogP contribution in [-0.4, -0.2) is 38.3 Å². The number of nitrogens with zero attached hydrogens (tertiary/aromatic N) is 1. The Labute approximate surface area is 172 Å². The van der Waals surface area contributed by atoms with Gasteiger partial charge in [-0.05, 0) is 50.5 Å². The molecule has 29 heavy (non-hydrogen) atoms. The van der Waals surface area contributed by atoms with Crippen LogP contribution in [-0.2, 0) is 16.6 Å². The molecule has 1 amide bonds. The number of amides is 1. The Bertz CT molecular complexity index is 971. The van der Waals surface area contributed by atoms with Gasteiger partial charge in [-0.1, -0.05) is 36.2 Å². The highest BCUT2D eigenvalue weighted by Gasteiger charge is 2.33. The van der Waals surface area contributed by atoms with Gasteiger partial charge in [-0.25, -0.2) is 8.42 Å². The van der Waals surface area contributed by atoms with E-state index in [0.717, 1.165) is 30.4 Å². The highest BCUT2D eigenvalue weighted by Crippen LogP contribution is 2.31. The van der Waals surface area contributed by atoms with Gasteiger partial charge in [0.05, 0.1) is 7.11 Å². The van der Waals surface area contributed by atoms with Crippen molar-refractivity contribution in [3.8, 4) is 5.75 Å². The highest BCUT2D eigenvalue weighted by molar-refractivity contribution is 7.89. The number of piperidine rings is 1. The van der Waals surface area contributed by atoms with Crippen molar-refractivity contribution in [3.63, 3.8) is 0 Å². The first kappa shape index (κ1) is 21.3. The van der Waals surface area contributed by atoms with Crippen LogP contribution in [0.3, 0.4) is 0 Å². The Kier molecular flexibility index (Phi) is 6.59. The normalized spacial score (nSPS) is 17.7. The van der Waals surface area contributed by atoms with E-state index in [1.807, 2.05) is 38.1 Å². The average Bonchev–Trinajstić information content (AvgIpc) is 2.72. The van der Waals surface area contributed by atoms with Gasteiger partial charge in [-0.15, -0.1) is 0 Å². The molecule has 0 spiro atoms. The summed E-state index contributed by atoms with van der Waals surface area (Å²) in [6.07, 6.45) is 2.69. The van der Waals surface area contributed by atoms with Crippen LogP contribution >= 0.6 is 0 Å². The third kappa shape index (κ3) is 4.79. The van der Waals surface area contributed by atoms with E-state index < -0.39 is 10.0 Å². The first-order valence-electron chi connectivity index (χ1n) is 9.86. The second-order valence-corrected chi connectivity index (χ2v) is 9.35. The topological polar surface area (TPSA) is 75.7 Å². The lowest BCUT2D eigenvalue weighted by atomic mass is 10.1. The van der Waals surface area contributed by atoms with E-state index in [4.69, 9.17) is 4.74 Å². The second kappa shape index (κ2) is 8.97. The van der Waals surface area contributed by atoms with Gasteiger partial charge >= 0.3 is 0 Å². The fourth-order valence-electron chi connectivity index (χ4n) is 3.57. The molecule has 1 heterocycles. The number of sulfonamides is 1. The van der Waals surface area contributed by atoms with Crippen molar-refractivity contribution in [3.05, 3.63) is 59.2 Å². The molecule has 7 heteroatoms. The molecule has 0 aromatic heterocycles. The number of benzene rings is 2. The van der Waals surface area contributed by atoms with E-state index in [9.17, 15) is 13.2 Å². The number of hydrogen-bond donors (Lipinski definition) is 1. The molecule has 0 saturated carbocycles. The summed E-state index contributed by atoms with van der Waals surface area (Å²) in [6.45, 7) is 4.78. The minimum atomic E-state index is -3.75. The molecular weight excluding hydrogens is 388 g/mol. The average molecular weight is 417 g/mol. The molecule has 1 saturated heterocycles. The predicted molar refractivity (Wildman–Crippen MR) is 113 cm³/mol. The van der Waals surface area contributed by atoms with Crippen molar-refractivity contribution >= 4 is 15.9 Å². The number of ether oxygens (including phenoxy) is 1. The van der Waals surface area contributed by atoms with Gasteiger partial charge in [0.2, 0.25) is 10.0 Å². The minimum Gasteiger partial charge on any atom is -0.495 e. The second-order valence-electron chi connectivity index (χ2n) is 7.49. The number of carbonyl (C=O) groups excluding carboxylic acids is 1. The van der Waals surface area contributed by atoms with E-state index in [2.05, 4.69) is 5.32 Å². The Morgan fingerprint density at radius 2 is 1.90 bits per heavy atom. The summed E-state index contributed by atoms with van der Waals surface area (Å²) in [7, 11) is -2.32. The largest absolute Gasteiger partial charge is 0.495 e. The van der Waals surface area contributed by atoms with Crippen molar-refractivity contribution in [2.24, 2.45) is 0 Å². The standard InChI is InChI=1S/C22H28N2O4S/c1-16-7-9-18(10-8-16)15-23-22(25)19-11-12-20(28-3)21(14-19)29(26,27)24-13-5-4-6-17(24)2/h7-12,14,17H,4-6,13,15H2,1-3H3,(H,23,25)/t17-/m0/s1. The SMILES string of the molecule is COc1ccc(C(=O)NCc2ccc(C)cc2)cc1S(=O)(=O)N1CCCC[C@@H]1C. The number of nitrogens with one attached hydrogen (secondary N) is 1. The molecule has 0 aliphatic carbocycles. The van der Waals surface area contributed by atoms with E-state index in [-0.39, 0.29) is 22.6 Å². The smallest absolute Gasteiger partial charge is 0.251 e. The summed E-state index contributed by atoms with van der Waals surface area (Å²) < 4.78 is 33.4. The van der Waals surface area contributed by atoms with Gasteiger partial charge in [-0.2, -0.15) is 4.31 Å². The molecular formula is C22H28N2O4S. The van der Waals surface area contributed by atoms with E-state index in [0.29, 0.717) is 18.7 Å². The molecule has 156 valence electrons. The van der Waals surface area contributed by atoms with Crippen molar-refractivity contribution in [1.29, 1.82) is 0 Å². The summed E-state index contributed by atoms with van der Waals surface area (Å²) in [4.78, 5) is 12.7. The quantitative estimate of drug-likeness (QED) is 0.782. The molecule has 1 fully saturated rings. The number of methoxy groups -OCH3 is 1. The number of hydrogen-bond acceptors (Lipinski definition) is 4. The molecule has 0 unspecified atom stereocenters. The number of rotatable bonds is 6. The van der Waals surface area contributed by atoms with Gasteiger partial charge in [0.1, 0.15) is 10.6 Å². The van der Waals surface area contributed by atoms with Crippen LogP contribution in [0.1, 0.15) is 47.7 Å². The van der Waals surface area contributed by atoms with E-state index in [1.54, 1.807) is 12.1 Å². The van der Waals surface area contributed by atoms with E-state index in [1.165, 1.54) is 17.5 Å². The number of aryl methyl sites for hydroxylation is 1. The van der Waals surface area contributed by atoms with Crippen LogP contribution in [0, 0.1) is 6.92 Å². The summed E-state index contributed by atoms with van der Waals surface area (Å²) in [5.74, 6) is -0.0748. The molecule has 3 rings (SSSR count). The maximum absolute atomic E-state index is 13.3. The minimum absolute atomic E-state index is 0.0386. The van der Waals surface area contributed by atoms with Crippen LogP contribution in [0.25, 0.3) is 0 Å². The third-order valence-corrected chi connectivity index (χ3v) is 7.36. The van der Waals surface area contributed by atoms with Crippen molar-refractivity contribution in [2.75, 3.05) is 13.7 Å². The van der Waals surface area contributed by atoms with Gasteiger partial charge in [0.15, 0.2) is 0 Å². The van der Waals surface area contributed by atoms with Crippen LogP contribution in [0.2, 0.25) is 0 Å². The Hall–Kier alpha value is -2.38. The first-order valence-corrected chi connectivity index (χ1v) is 11.3. The van der Waals surface area contributed by atoms with Crippen LogP contribution < -0.4 is 10.1 Å². The molecule has 1 atom stereocenters. The van der Waals surface area contributed by atoms with Crippen LogP contribution in [0.4, 0.5) is 0 Å². The maximum Gasteiger partial charge on any atom is 0.251 e. The zero-order valence-electron chi connectivity index (χ0n) is 17.1. The summed E-state index contributed by atoms with van der Waals surface area (Å²) in [6, 6.07) is 12.4. The molecule has 0 radical (unpaired) electrons. The zero-order valence-corrected chi connectivity index (χ0v) is 18.0. The highest BCUT2D eigenvalue weighted by atomic mass is 32.2.